The van der Waals surface area contributed by atoms with Gasteiger partial charge >= 0.3 is 43.7 Å². The quantitative estimate of drug-likeness (QED) is 0.248. The Kier molecular flexibility index (Phi) is 25.3. The first-order chi connectivity index (χ1) is 10.3. The van der Waals surface area contributed by atoms with Crippen molar-refractivity contribution in [3.8, 4) is 0 Å². The molecule has 0 aromatic rings. The summed E-state index contributed by atoms with van der Waals surface area (Å²) in [4.78, 5) is 10.8. The van der Waals surface area contributed by atoms with Gasteiger partial charge in [0.1, 0.15) is 11.9 Å². The summed E-state index contributed by atoms with van der Waals surface area (Å²) in [7, 11) is 0. The fraction of sp³-hybridized carbons (Fsp3) is 0.944. The molecule has 0 spiro atoms. The van der Waals surface area contributed by atoms with E-state index in [4.69, 9.17) is 11.9 Å². The van der Waals surface area contributed by atoms with Gasteiger partial charge in [-0.2, -0.15) is 0 Å². The van der Waals surface area contributed by atoms with Crippen LogP contribution in [0.25, 0.3) is 0 Å². The number of halogens is 1. The van der Waals surface area contributed by atoms with Crippen LogP contribution in [-0.2, 0) is 9.08 Å². The zero-order valence-electron chi connectivity index (χ0n) is 14.0. The zero-order chi connectivity index (χ0) is 15.6. The van der Waals surface area contributed by atoms with Crippen molar-refractivity contribution in [1.29, 1.82) is 0 Å². The summed E-state index contributed by atoms with van der Waals surface area (Å²) in [6, 6.07) is 0. The average molecular weight is 361 g/mol. The molecule has 0 saturated carbocycles. The van der Waals surface area contributed by atoms with Crippen LogP contribution < -0.4 is 0 Å². The standard InChI is InChI=1S/C18H35ClO2.Ca.2H/c1-2-3-4-5-6-7-8-9-10-11-12-13-14-15-16-17-18(20)21-19;;;/h2-17H2,1H3;;;. The second-order valence-corrected chi connectivity index (χ2v) is 6.30. The van der Waals surface area contributed by atoms with Gasteiger partial charge in [0.2, 0.25) is 0 Å². The van der Waals surface area contributed by atoms with E-state index in [9.17, 15) is 4.79 Å². The summed E-state index contributed by atoms with van der Waals surface area (Å²) in [5.41, 5.74) is 0. The minimum atomic E-state index is -0.300. The SMILES string of the molecule is CCCCCCCCCCCCCCCCCC(=O)OCl.[CaH2]. The van der Waals surface area contributed by atoms with Crippen molar-refractivity contribution in [2.75, 3.05) is 0 Å². The van der Waals surface area contributed by atoms with Crippen molar-refractivity contribution < 1.29 is 9.08 Å². The number of carbonyl (C=O) groups is 1. The summed E-state index contributed by atoms with van der Waals surface area (Å²) < 4.78 is 4.10. The molecule has 0 aliphatic carbocycles. The molecule has 130 valence electrons. The summed E-state index contributed by atoms with van der Waals surface area (Å²) in [6.07, 6.45) is 20.4. The minimum absolute atomic E-state index is 0. The average Bonchev–Trinajstić information content (AvgIpc) is 2.50. The number of unbranched alkanes of at least 4 members (excludes halogenated alkanes) is 14. The summed E-state index contributed by atoms with van der Waals surface area (Å²) >= 11 is 4.97. The first kappa shape index (κ1) is 25.3. The third-order valence-corrected chi connectivity index (χ3v) is 4.24. The monoisotopic (exact) mass is 360 g/mol. The predicted molar refractivity (Wildman–Crippen MR) is 100 cm³/mol. The number of hydrogen-bond acceptors (Lipinski definition) is 2. The Morgan fingerprint density at radius 3 is 1.32 bits per heavy atom. The first-order valence-corrected chi connectivity index (χ1v) is 9.43. The van der Waals surface area contributed by atoms with E-state index in [1.807, 2.05) is 0 Å². The molecule has 0 aromatic carbocycles. The van der Waals surface area contributed by atoms with Gasteiger partial charge in [0.25, 0.3) is 0 Å². The Balaban J connectivity index is 0. The molecule has 0 unspecified atom stereocenters. The van der Waals surface area contributed by atoms with E-state index >= 15 is 0 Å². The van der Waals surface area contributed by atoms with Crippen LogP contribution in [0.1, 0.15) is 110 Å². The molecule has 0 atom stereocenters. The fourth-order valence-corrected chi connectivity index (χ4v) is 2.76. The van der Waals surface area contributed by atoms with Crippen LogP contribution in [0.15, 0.2) is 0 Å². The Labute approximate surface area is 173 Å². The van der Waals surface area contributed by atoms with Crippen molar-refractivity contribution in [3.63, 3.8) is 0 Å². The molecule has 0 fully saturated rings. The molecule has 0 heterocycles. The maximum absolute atomic E-state index is 10.8. The van der Waals surface area contributed by atoms with Crippen molar-refractivity contribution in [1.82, 2.24) is 0 Å². The molecule has 0 N–H and O–H groups in total. The third kappa shape index (κ3) is 21.0. The van der Waals surface area contributed by atoms with Gasteiger partial charge in [0.05, 0.1) is 0 Å². The van der Waals surface area contributed by atoms with E-state index in [0.29, 0.717) is 6.42 Å². The van der Waals surface area contributed by atoms with Gasteiger partial charge in [-0.3, -0.25) is 4.79 Å². The topological polar surface area (TPSA) is 26.3 Å². The molecule has 0 rings (SSSR count). The molecule has 0 aliphatic heterocycles. The van der Waals surface area contributed by atoms with E-state index in [0.717, 1.165) is 12.8 Å². The van der Waals surface area contributed by atoms with Gasteiger partial charge in [0.15, 0.2) is 0 Å². The molecule has 22 heavy (non-hydrogen) atoms. The third-order valence-electron chi connectivity index (χ3n) is 4.07. The molecular weight excluding hydrogens is 324 g/mol. The van der Waals surface area contributed by atoms with Crippen molar-refractivity contribution >= 4 is 55.6 Å². The maximum atomic E-state index is 10.8. The van der Waals surface area contributed by atoms with Gasteiger partial charge in [0, 0.05) is 6.42 Å². The predicted octanol–water partition coefficient (Wildman–Crippen LogP) is 6.03. The molecule has 0 saturated heterocycles. The van der Waals surface area contributed by atoms with Crippen LogP contribution >= 0.6 is 11.9 Å². The molecule has 0 radical (unpaired) electrons. The molecule has 0 amide bonds. The molecular formula is C18H37CaClO2. The van der Waals surface area contributed by atoms with Crippen molar-refractivity contribution in [2.45, 2.75) is 110 Å². The second-order valence-electron chi connectivity index (χ2n) is 6.15. The molecule has 0 aromatic heterocycles. The van der Waals surface area contributed by atoms with Gasteiger partial charge < -0.3 is 4.29 Å². The van der Waals surface area contributed by atoms with Crippen LogP contribution in [0, 0.1) is 0 Å². The van der Waals surface area contributed by atoms with E-state index in [-0.39, 0.29) is 43.7 Å². The molecule has 0 aliphatic rings. The fourth-order valence-electron chi connectivity index (χ4n) is 2.68. The van der Waals surface area contributed by atoms with Crippen LogP contribution in [0.4, 0.5) is 0 Å². The Morgan fingerprint density at radius 2 is 1.00 bits per heavy atom. The summed E-state index contributed by atoms with van der Waals surface area (Å²) in [5, 5.41) is 0. The van der Waals surface area contributed by atoms with Gasteiger partial charge in [-0.25, -0.2) is 0 Å². The van der Waals surface area contributed by atoms with Crippen LogP contribution in [-0.4, -0.2) is 43.7 Å². The Hall–Kier alpha value is 1.02. The summed E-state index contributed by atoms with van der Waals surface area (Å²) in [5.74, 6) is -0.300. The van der Waals surface area contributed by atoms with Gasteiger partial charge in [-0.05, 0) is 6.42 Å². The van der Waals surface area contributed by atoms with E-state index < -0.39 is 0 Å². The van der Waals surface area contributed by atoms with E-state index in [1.54, 1.807) is 0 Å². The normalized spacial score (nSPS) is 10.3. The van der Waals surface area contributed by atoms with Crippen LogP contribution in [0.3, 0.4) is 0 Å². The number of rotatable bonds is 16. The van der Waals surface area contributed by atoms with Gasteiger partial charge in [-0.1, -0.05) is 96.8 Å². The Bertz CT molecular complexity index is 225. The summed E-state index contributed by atoms with van der Waals surface area (Å²) in [6.45, 7) is 2.27. The zero-order valence-corrected chi connectivity index (χ0v) is 14.8. The van der Waals surface area contributed by atoms with Gasteiger partial charge in [-0.15, -0.1) is 0 Å². The van der Waals surface area contributed by atoms with Crippen LogP contribution in [0.2, 0.25) is 0 Å². The Morgan fingerprint density at radius 1 is 0.682 bits per heavy atom. The van der Waals surface area contributed by atoms with Crippen molar-refractivity contribution in [3.05, 3.63) is 0 Å². The van der Waals surface area contributed by atoms with E-state index in [1.165, 1.54) is 83.5 Å². The first-order valence-electron chi connectivity index (χ1n) is 9.12. The van der Waals surface area contributed by atoms with Crippen LogP contribution in [0.5, 0.6) is 0 Å². The van der Waals surface area contributed by atoms with Crippen molar-refractivity contribution in [2.24, 2.45) is 0 Å². The second kappa shape index (κ2) is 22.0. The number of hydrogen-bond donors (Lipinski definition) is 0. The molecule has 4 heteroatoms. The molecule has 0 bridgehead atoms. The number of carbonyl (C=O) groups excluding carboxylic acids is 1. The molecule has 2 nitrogen and oxygen atoms in total. The van der Waals surface area contributed by atoms with E-state index in [2.05, 4.69) is 11.2 Å².